The number of nitrogens with zero attached hydrogens (tertiary/aromatic N) is 1. The lowest BCUT2D eigenvalue weighted by molar-refractivity contribution is 0.263. The summed E-state index contributed by atoms with van der Waals surface area (Å²) in [7, 11) is 0. The summed E-state index contributed by atoms with van der Waals surface area (Å²) in [6.45, 7) is -0.0986. The van der Waals surface area contributed by atoms with Crippen LogP contribution >= 0.6 is 0 Å². The fourth-order valence-electron chi connectivity index (χ4n) is 2.68. The second kappa shape index (κ2) is 7.10. The van der Waals surface area contributed by atoms with Crippen LogP contribution in [0.2, 0.25) is 0 Å². The molecule has 0 aliphatic carbocycles. The Balaban J connectivity index is 1.83. The molecular formula is C19H18N2O3. The molecule has 1 unspecified atom stereocenters. The van der Waals surface area contributed by atoms with Gasteiger partial charge >= 0.3 is 0 Å². The summed E-state index contributed by atoms with van der Waals surface area (Å²) in [5, 5.41) is 19.5. The topological polar surface area (TPSA) is 86.2 Å². The Bertz CT molecular complexity index is 858. The zero-order valence-electron chi connectivity index (χ0n) is 13.0. The van der Waals surface area contributed by atoms with E-state index in [0.717, 1.165) is 16.7 Å². The van der Waals surface area contributed by atoms with E-state index < -0.39 is 11.3 Å². The van der Waals surface area contributed by atoms with Crippen LogP contribution < -0.4 is 5.56 Å². The Morgan fingerprint density at radius 1 is 1.00 bits per heavy atom. The standard InChI is InChI=1S/C19H18N2O3/c22-11-16(10-17-18(23)19(24)21-12-20-17)15-8-6-14(7-9-15)13-4-2-1-3-5-13/h1-9,12,16,22-23H,10-11H2,(H,20,21,24). The number of aliphatic hydroxyl groups excluding tert-OH is 1. The summed E-state index contributed by atoms with van der Waals surface area (Å²) in [4.78, 5) is 17.8. The van der Waals surface area contributed by atoms with Gasteiger partial charge in [-0.25, -0.2) is 4.98 Å². The van der Waals surface area contributed by atoms with Crippen LogP contribution in [0.1, 0.15) is 17.2 Å². The SMILES string of the molecule is O=c1[nH]cnc(CC(CO)c2ccc(-c3ccccc3)cc2)c1O. The number of benzene rings is 2. The molecule has 5 heteroatoms. The molecule has 0 radical (unpaired) electrons. The first-order valence-electron chi connectivity index (χ1n) is 7.71. The number of nitrogens with one attached hydrogen (secondary N) is 1. The molecule has 24 heavy (non-hydrogen) atoms. The summed E-state index contributed by atoms with van der Waals surface area (Å²) in [5.41, 5.74) is 2.85. The highest BCUT2D eigenvalue weighted by molar-refractivity contribution is 5.63. The lowest BCUT2D eigenvalue weighted by Gasteiger charge is -2.15. The Morgan fingerprint density at radius 2 is 1.67 bits per heavy atom. The van der Waals surface area contributed by atoms with E-state index in [-0.39, 0.29) is 24.6 Å². The van der Waals surface area contributed by atoms with Crippen LogP contribution in [0.5, 0.6) is 5.75 Å². The molecule has 0 spiro atoms. The molecule has 3 N–H and O–H groups in total. The first-order valence-corrected chi connectivity index (χ1v) is 7.71. The number of aromatic hydroxyl groups is 1. The van der Waals surface area contributed by atoms with Crippen LogP contribution in [-0.4, -0.2) is 26.8 Å². The maximum absolute atomic E-state index is 11.4. The molecule has 0 amide bonds. The van der Waals surface area contributed by atoms with Crippen LogP contribution in [-0.2, 0) is 6.42 Å². The Kier molecular flexibility index (Phi) is 4.72. The molecular weight excluding hydrogens is 304 g/mol. The van der Waals surface area contributed by atoms with Crippen molar-refractivity contribution in [3.8, 4) is 16.9 Å². The van der Waals surface area contributed by atoms with Crippen molar-refractivity contribution in [2.75, 3.05) is 6.61 Å². The van der Waals surface area contributed by atoms with E-state index in [2.05, 4.69) is 9.97 Å². The van der Waals surface area contributed by atoms with Gasteiger partial charge in [0.25, 0.3) is 5.56 Å². The molecule has 1 aromatic heterocycles. The normalized spacial score (nSPS) is 12.0. The van der Waals surface area contributed by atoms with E-state index in [4.69, 9.17) is 0 Å². The largest absolute Gasteiger partial charge is 0.502 e. The highest BCUT2D eigenvalue weighted by Crippen LogP contribution is 2.25. The van der Waals surface area contributed by atoms with E-state index in [1.165, 1.54) is 6.33 Å². The van der Waals surface area contributed by atoms with Crippen LogP contribution in [0, 0.1) is 0 Å². The quantitative estimate of drug-likeness (QED) is 0.673. The van der Waals surface area contributed by atoms with Crippen LogP contribution in [0.25, 0.3) is 11.1 Å². The van der Waals surface area contributed by atoms with E-state index in [9.17, 15) is 15.0 Å². The number of aromatic amines is 1. The summed E-state index contributed by atoms with van der Waals surface area (Å²) in [5.74, 6) is -0.633. The van der Waals surface area contributed by atoms with Gasteiger partial charge in [0.1, 0.15) is 0 Å². The molecule has 1 heterocycles. The molecule has 0 fully saturated rings. The number of hydrogen-bond donors (Lipinski definition) is 3. The minimum Gasteiger partial charge on any atom is -0.502 e. The predicted molar refractivity (Wildman–Crippen MR) is 91.9 cm³/mol. The second-order valence-corrected chi connectivity index (χ2v) is 5.60. The third-order valence-corrected chi connectivity index (χ3v) is 4.05. The van der Waals surface area contributed by atoms with Crippen molar-refractivity contribution in [2.45, 2.75) is 12.3 Å². The van der Waals surface area contributed by atoms with Gasteiger partial charge in [0, 0.05) is 12.3 Å². The zero-order chi connectivity index (χ0) is 16.9. The zero-order valence-corrected chi connectivity index (χ0v) is 13.0. The monoisotopic (exact) mass is 322 g/mol. The molecule has 5 nitrogen and oxygen atoms in total. The van der Waals surface area contributed by atoms with E-state index in [0.29, 0.717) is 0 Å². The summed E-state index contributed by atoms with van der Waals surface area (Å²) < 4.78 is 0. The van der Waals surface area contributed by atoms with Crippen molar-refractivity contribution in [2.24, 2.45) is 0 Å². The van der Waals surface area contributed by atoms with Gasteiger partial charge in [0.15, 0.2) is 0 Å². The average molecular weight is 322 g/mol. The van der Waals surface area contributed by atoms with Crippen LogP contribution in [0.4, 0.5) is 0 Å². The average Bonchev–Trinajstić information content (AvgIpc) is 2.64. The number of hydrogen-bond acceptors (Lipinski definition) is 4. The summed E-state index contributed by atoms with van der Waals surface area (Å²) in [6, 6.07) is 17.9. The van der Waals surface area contributed by atoms with E-state index in [1.807, 2.05) is 54.6 Å². The number of rotatable bonds is 5. The maximum Gasteiger partial charge on any atom is 0.293 e. The molecule has 0 saturated carbocycles. The van der Waals surface area contributed by atoms with Gasteiger partial charge < -0.3 is 15.2 Å². The van der Waals surface area contributed by atoms with Crippen molar-refractivity contribution >= 4 is 0 Å². The lowest BCUT2D eigenvalue weighted by atomic mass is 9.93. The van der Waals surface area contributed by atoms with Crippen molar-refractivity contribution < 1.29 is 10.2 Å². The van der Waals surface area contributed by atoms with Crippen molar-refractivity contribution in [3.63, 3.8) is 0 Å². The van der Waals surface area contributed by atoms with Crippen molar-refractivity contribution in [1.82, 2.24) is 9.97 Å². The maximum atomic E-state index is 11.4. The lowest BCUT2D eigenvalue weighted by Crippen LogP contribution is -2.14. The molecule has 122 valence electrons. The molecule has 0 aliphatic rings. The first-order chi connectivity index (χ1) is 11.7. The molecule has 1 atom stereocenters. The third kappa shape index (κ3) is 3.36. The van der Waals surface area contributed by atoms with Crippen LogP contribution in [0.3, 0.4) is 0 Å². The molecule has 3 aromatic rings. The minimum absolute atomic E-state index is 0.0986. The molecule has 0 saturated heterocycles. The van der Waals surface area contributed by atoms with E-state index >= 15 is 0 Å². The molecule has 2 aromatic carbocycles. The molecule has 3 rings (SSSR count). The van der Waals surface area contributed by atoms with Gasteiger partial charge in [0.05, 0.1) is 18.6 Å². The third-order valence-electron chi connectivity index (χ3n) is 4.05. The minimum atomic E-state index is -0.573. The van der Waals surface area contributed by atoms with Gasteiger partial charge in [-0.15, -0.1) is 0 Å². The fourth-order valence-corrected chi connectivity index (χ4v) is 2.68. The Labute approximate surface area is 139 Å². The smallest absolute Gasteiger partial charge is 0.293 e. The van der Waals surface area contributed by atoms with Crippen LogP contribution in [0.15, 0.2) is 65.7 Å². The molecule has 0 bridgehead atoms. The predicted octanol–water partition coefficient (Wildman–Crippen LogP) is 2.46. The highest BCUT2D eigenvalue weighted by Gasteiger charge is 2.16. The summed E-state index contributed by atoms with van der Waals surface area (Å²) in [6.07, 6.45) is 1.54. The van der Waals surface area contributed by atoms with Gasteiger partial charge in [0.2, 0.25) is 5.75 Å². The van der Waals surface area contributed by atoms with E-state index in [1.54, 1.807) is 0 Å². The first kappa shape index (κ1) is 16.0. The highest BCUT2D eigenvalue weighted by atomic mass is 16.3. The van der Waals surface area contributed by atoms with Gasteiger partial charge in [-0.2, -0.15) is 0 Å². The Morgan fingerprint density at radius 3 is 2.33 bits per heavy atom. The number of aromatic nitrogens is 2. The van der Waals surface area contributed by atoms with Crippen molar-refractivity contribution in [3.05, 3.63) is 82.5 Å². The summed E-state index contributed by atoms with van der Waals surface area (Å²) >= 11 is 0. The second-order valence-electron chi connectivity index (χ2n) is 5.60. The molecule has 0 aliphatic heterocycles. The van der Waals surface area contributed by atoms with Crippen molar-refractivity contribution in [1.29, 1.82) is 0 Å². The van der Waals surface area contributed by atoms with Gasteiger partial charge in [-0.05, 0) is 16.7 Å². The van der Waals surface area contributed by atoms with Gasteiger partial charge in [-0.3, -0.25) is 4.79 Å². The number of H-pyrrole nitrogens is 1. The fraction of sp³-hybridized carbons (Fsp3) is 0.158. The number of aliphatic hydroxyl groups is 1. The van der Waals surface area contributed by atoms with Gasteiger partial charge in [-0.1, -0.05) is 54.6 Å². The Hall–Kier alpha value is -2.92.